The molecule has 190 valence electrons. The zero-order valence-electron chi connectivity index (χ0n) is 21.1. The van der Waals surface area contributed by atoms with Gasteiger partial charge >= 0.3 is 0 Å². The van der Waals surface area contributed by atoms with E-state index in [2.05, 4.69) is 21.0 Å². The molecule has 0 unspecified atom stereocenters. The maximum absolute atomic E-state index is 13.3. The third-order valence-electron chi connectivity index (χ3n) is 7.00. The minimum absolute atomic E-state index is 0.386. The molecule has 2 aliphatic rings. The van der Waals surface area contributed by atoms with E-state index in [1.54, 1.807) is 6.07 Å². The molecule has 2 amide bonds. The first-order valence-electron chi connectivity index (χ1n) is 12.6. The number of benzene rings is 4. The smallest absolute Gasteiger partial charge is 0.282 e. The molecule has 0 radical (unpaired) electrons. The Morgan fingerprint density at radius 3 is 2.18 bits per heavy atom. The minimum atomic E-state index is -0.420. The molecule has 1 aliphatic heterocycles. The van der Waals surface area contributed by atoms with Crippen LogP contribution in [0.5, 0.6) is 11.5 Å². The van der Waals surface area contributed by atoms with Gasteiger partial charge in [-0.2, -0.15) is 10.1 Å². The van der Waals surface area contributed by atoms with Gasteiger partial charge in [0.05, 0.1) is 28.4 Å². The quantitative estimate of drug-likeness (QED) is 0.185. The van der Waals surface area contributed by atoms with E-state index in [-0.39, 0.29) is 0 Å². The Hall–Kier alpha value is -3.97. The normalized spacial score (nSPS) is 14.1. The summed E-state index contributed by atoms with van der Waals surface area (Å²) in [7, 11) is 0. The zero-order chi connectivity index (χ0) is 26.4. The number of carbonyl (C=O) groups is 2. The lowest BCUT2D eigenvalue weighted by atomic mass is 9.92. The van der Waals surface area contributed by atoms with Gasteiger partial charge in [0.25, 0.3) is 11.8 Å². The molecule has 0 saturated carbocycles. The second kappa shape index (κ2) is 9.72. The van der Waals surface area contributed by atoms with Gasteiger partial charge in [-0.15, -0.1) is 0 Å². The van der Waals surface area contributed by atoms with Gasteiger partial charge in [-0.3, -0.25) is 9.59 Å². The monoisotopic (exact) mass is 568 g/mol. The summed E-state index contributed by atoms with van der Waals surface area (Å²) in [5.74, 6) is 0.278. The summed E-state index contributed by atoms with van der Waals surface area (Å²) in [4.78, 5) is 26.7. The van der Waals surface area contributed by atoms with Gasteiger partial charge in [0.1, 0.15) is 6.61 Å². The van der Waals surface area contributed by atoms with Gasteiger partial charge in [-0.1, -0.05) is 42.0 Å². The van der Waals surface area contributed by atoms with Crippen LogP contribution in [0.25, 0.3) is 10.8 Å². The number of hydrogen-bond acceptors (Lipinski definition) is 5. The first kappa shape index (κ1) is 24.4. The van der Waals surface area contributed by atoms with E-state index >= 15 is 0 Å². The fourth-order valence-corrected chi connectivity index (χ4v) is 5.71. The third kappa shape index (κ3) is 4.17. The Balaban J connectivity index is 1.29. The highest BCUT2D eigenvalue weighted by Crippen LogP contribution is 2.39. The molecular weight excluding hydrogens is 544 g/mol. The number of amides is 2. The van der Waals surface area contributed by atoms with E-state index in [1.807, 2.05) is 68.4 Å². The summed E-state index contributed by atoms with van der Waals surface area (Å²) < 4.78 is 12.6. The molecule has 1 heterocycles. The van der Waals surface area contributed by atoms with Crippen molar-refractivity contribution in [1.82, 2.24) is 5.01 Å². The van der Waals surface area contributed by atoms with Gasteiger partial charge in [0.2, 0.25) is 0 Å². The lowest BCUT2D eigenvalue weighted by Gasteiger charge is -2.23. The van der Waals surface area contributed by atoms with Crippen molar-refractivity contribution in [3.05, 3.63) is 104 Å². The molecule has 0 aromatic heterocycles. The second-order valence-corrected chi connectivity index (χ2v) is 10.4. The van der Waals surface area contributed by atoms with Crippen LogP contribution >= 0.6 is 15.9 Å². The Morgan fingerprint density at radius 2 is 1.55 bits per heavy atom. The molecule has 0 bridgehead atoms. The van der Waals surface area contributed by atoms with Crippen LogP contribution in [0.3, 0.4) is 0 Å². The van der Waals surface area contributed by atoms with E-state index in [1.165, 1.54) is 22.9 Å². The first-order chi connectivity index (χ1) is 18.4. The van der Waals surface area contributed by atoms with Crippen molar-refractivity contribution in [2.24, 2.45) is 5.10 Å². The van der Waals surface area contributed by atoms with Crippen LogP contribution in [0.15, 0.2) is 70.2 Å². The predicted molar refractivity (Wildman–Crippen MR) is 150 cm³/mol. The second-order valence-electron chi connectivity index (χ2n) is 9.50. The SMILES string of the molecule is CCOc1cc(/C=N\N2C(=O)c3ccc4c5c(ccc(c35)C2=O)CC4)cc(Br)c1OCc1ccc(C)cc1. The number of rotatable bonds is 7. The number of aryl methyl sites for hydroxylation is 3. The van der Waals surface area contributed by atoms with Crippen molar-refractivity contribution in [1.29, 1.82) is 0 Å². The van der Waals surface area contributed by atoms with Crippen LogP contribution in [0.2, 0.25) is 0 Å². The Bertz CT molecular complexity index is 1580. The number of hydrogen-bond donors (Lipinski definition) is 0. The summed E-state index contributed by atoms with van der Waals surface area (Å²) in [6.07, 6.45) is 3.36. The summed E-state index contributed by atoms with van der Waals surface area (Å²) in [6, 6.07) is 19.4. The van der Waals surface area contributed by atoms with Crippen LogP contribution in [-0.2, 0) is 19.4 Å². The van der Waals surface area contributed by atoms with E-state index in [0.29, 0.717) is 45.9 Å². The van der Waals surface area contributed by atoms with Crippen LogP contribution in [0.4, 0.5) is 0 Å². The molecule has 4 aromatic carbocycles. The Morgan fingerprint density at radius 1 is 0.895 bits per heavy atom. The lowest BCUT2D eigenvalue weighted by Crippen LogP contribution is -2.36. The summed E-state index contributed by atoms with van der Waals surface area (Å²) in [6.45, 7) is 4.78. The maximum atomic E-state index is 13.3. The third-order valence-corrected chi connectivity index (χ3v) is 7.59. The van der Waals surface area contributed by atoms with E-state index in [9.17, 15) is 9.59 Å². The van der Waals surface area contributed by atoms with Gasteiger partial charge in [0, 0.05) is 5.39 Å². The molecule has 6 rings (SSSR count). The van der Waals surface area contributed by atoms with Crippen molar-refractivity contribution in [3.63, 3.8) is 0 Å². The zero-order valence-corrected chi connectivity index (χ0v) is 22.7. The van der Waals surface area contributed by atoms with Crippen molar-refractivity contribution < 1.29 is 19.1 Å². The molecule has 0 atom stereocenters. The number of carbonyl (C=O) groups excluding carboxylic acids is 2. The van der Waals surface area contributed by atoms with Crippen LogP contribution < -0.4 is 9.47 Å². The molecule has 6 nitrogen and oxygen atoms in total. The standard InChI is InChI=1S/C31H25BrN2O4/c1-3-37-26-15-20(14-25(32)29(26)38-17-19-6-4-18(2)5-7-19)16-33-34-30(35)23-12-10-21-8-9-22-11-13-24(31(34)36)28(23)27(21)22/h4-7,10-16H,3,8-9,17H2,1-2H3/b33-16-. The largest absolute Gasteiger partial charge is 0.490 e. The van der Waals surface area contributed by atoms with Gasteiger partial charge in [0.15, 0.2) is 11.5 Å². The van der Waals surface area contributed by atoms with Gasteiger partial charge in [-0.25, -0.2) is 0 Å². The van der Waals surface area contributed by atoms with Crippen LogP contribution in [0.1, 0.15) is 55.5 Å². The van der Waals surface area contributed by atoms with Crippen molar-refractivity contribution in [3.8, 4) is 11.5 Å². The predicted octanol–water partition coefficient (Wildman–Crippen LogP) is 6.62. The molecular formula is C31H25BrN2O4. The first-order valence-corrected chi connectivity index (χ1v) is 13.4. The van der Waals surface area contributed by atoms with Crippen molar-refractivity contribution >= 4 is 44.7 Å². The summed E-state index contributed by atoms with van der Waals surface area (Å²) in [5, 5.41) is 7.09. The fraction of sp³-hybridized carbons (Fsp3) is 0.194. The number of nitrogens with zero attached hydrogens (tertiary/aromatic N) is 2. The molecule has 0 N–H and O–H groups in total. The Kier molecular flexibility index (Phi) is 6.24. The number of hydrazone groups is 1. The molecule has 0 saturated heterocycles. The Labute approximate surface area is 229 Å². The van der Waals surface area contributed by atoms with E-state index in [4.69, 9.17) is 9.47 Å². The fourth-order valence-electron chi connectivity index (χ4n) is 5.14. The maximum Gasteiger partial charge on any atom is 0.282 e. The lowest BCUT2D eigenvalue weighted by molar-refractivity contribution is 0.0616. The average Bonchev–Trinajstić information content (AvgIpc) is 3.34. The topological polar surface area (TPSA) is 68.2 Å². The molecule has 38 heavy (non-hydrogen) atoms. The highest BCUT2D eigenvalue weighted by atomic mass is 79.9. The van der Waals surface area contributed by atoms with Gasteiger partial charge in [-0.05, 0) is 94.5 Å². The number of imide groups is 1. The highest BCUT2D eigenvalue weighted by Gasteiger charge is 2.35. The number of ether oxygens (including phenoxy) is 2. The minimum Gasteiger partial charge on any atom is -0.490 e. The molecule has 1 aliphatic carbocycles. The van der Waals surface area contributed by atoms with Crippen molar-refractivity contribution in [2.75, 3.05) is 6.61 Å². The molecule has 0 fully saturated rings. The van der Waals surface area contributed by atoms with Gasteiger partial charge < -0.3 is 9.47 Å². The van der Waals surface area contributed by atoms with E-state index in [0.717, 1.165) is 34.2 Å². The summed E-state index contributed by atoms with van der Waals surface area (Å²) >= 11 is 3.59. The molecule has 0 spiro atoms. The van der Waals surface area contributed by atoms with Crippen LogP contribution in [-0.4, -0.2) is 29.6 Å². The average molecular weight is 569 g/mol. The molecule has 7 heteroatoms. The van der Waals surface area contributed by atoms with E-state index < -0.39 is 11.8 Å². The van der Waals surface area contributed by atoms with Crippen LogP contribution in [0, 0.1) is 6.92 Å². The highest BCUT2D eigenvalue weighted by molar-refractivity contribution is 9.10. The molecule has 4 aromatic rings. The number of halogens is 1. The summed E-state index contributed by atoms with van der Waals surface area (Å²) in [5.41, 5.74) is 6.29. The van der Waals surface area contributed by atoms with Crippen molar-refractivity contribution in [2.45, 2.75) is 33.3 Å².